The van der Waals surface area contributed by atoms with E-state index in [-0.39, 0.29) is 17.9 Å². The van der Waals surface area contributed by atoms with Gasteiger partial charge in [-0.15, -0.1) is 0 Å². The lowest BCUT2D eigenvalue weighted by Crippen LogP contribution is -2.59. The third-order valence-corrected chi connectivity index (χ3v) is 6.97. The maximum Gasteiger partial charge on any atom is 0.227 e. The zero-order valence-electron chi connectivity index (χ0n) is 18.7. The first-order valence-electron chi connectivity index (χ1n) is 11.3. The first-order valence-corrected chi connectivity index (χ1v) is 11.3. The van der Waals surface area contributed by atoms with Gasteiger partial charge in [-0.3, -0.25) is 4.79 Å². The lowest BCUT2D eigenvalue weighted by molar-refractivity contribution is -0.127. The van der Waals surface area contributed by atoms with E-state index in [0.29, 0.717) is 16.9 Å². The summed E-state index contributed by atoms with van der Waals surface area (Å²) < 4.78 is 16.7. The number of hydrogen-bond acceptors (Lipinski definition) is 7. The van der Waals surface area contributed by atoms with Crippen molar-refractivity contribution in [3.63, 3.8) is 0 Å². The summed E-state index contributed by atoms with van der Waals surface area (Å²) >= 11 is 0. The van der Waals surface area contributed by atoms with Gasteiger partial charge in [-0.05, 0) is 56.4 Å². The second-order valence-corrected chi connectivity index (χ2v) is 9.28. The lowest BCUT2D eigenvalue weighted by Gasteiger charge is -2.52. The molecule has 2 aliphatic heterocycles. The molecule has 2 aromatic rings. The number of benzene rings is 1. The van der Waals surface area contributed by atoms with Gasteiger partial charge >= 0.3 is 0 Å². The Kier molecular flexibility index (Phi) is 5.73. The minimum absolute atomic E-state index is 0.0274. The molecule has 1 aliphatic carbocycles. The van der Waals surface area contributed by atoms with Crippen LogP contribution in [0.3, 0.4) is 0 Å². The van der Waals surface area contributed by atoms with Crippen LogP contribution in [0.15, 0.2) is 30.6 Å². The predicted octanol–water partition coefficient (Wildman–Crippen LogP) is 3.56. The third kappa shape index (κ3) is 4.29. The number of ether oxygens (including phenoxy) is 3. The summed E-state index contributed by atoms with van der Waals surface area (Å²) in [6.45, 7) is 5.67. The number of rotatable bonds is 6. The Morgan fingerprint density at radius 3 is 2.56 bits per heavy atom. The Morgan fingerprint density at radius 1 is 1.19 bits per heavy atom. The van der Waals surface area contributed by atoms with Gasteiger partial charge in [0.15, 0.2) is 5.75 Å². The molecule has 3 fully saturated rings. The van der Waals surface area contributed by atoms with Crippen molar-refractivity contribution in [1.29, 1.82) is 0 Å². The number of carbonyl (C=O) groups excluding carboxylic acids is 1. The monoisotopic (exact) mass is 438 g/mol. The van der Waals surface area contributed by atoms with Crippen molar-refractivity contribution < 1.29 is 19.0 Å². The fourth-order valence-corrected chi connectivity index (χ4v) is 4.74. The number of anilines is 2. The minimum Gasteiger partial charge on any atom is -0.454 e. The number of methoxy groups -OCH3 is 1. The number of aromatic nitrogens is 2. The largest absolute Gasteiger partial charge is 0.454 e. The summed E-state index contributed by atoms with van der Waals surface area (Å²) in [7, 11) is 1.69. The molecule has 1 saturated carbocycles. The molecular weight excluding hydrogens is 408 g/mol. The molecular formula is C24H30N4O4. The van der Waals surface area contributed by atoms with Crippen LogP contribution in [0.2, 0.25) is 0 Å². The van der Waals surface area contributed by atoms with Crippen molar-refractivity contribution in [1.82, 2.24) is 9.97 Å². The average molecular weight is 439 g/mol. The Hall–Kier alpha value is -2.71. The van der Waals surface area contributed by atoms with Crippen molar-refractivity contribution in [3.05, 3.63) is 36.2 Å². The lowest BCUT2D eigenvalue weighted by atomic mass is 9.73. The maximum absolute atomic E-state index is 12.3. The third-order valence-electron chi connectivity index (χ3n) is 6.97. The SMILES string of the molecule is COC1CC(C(=O)Nc2ccc(Oc3cnc(N4CC5(CCOCC5)C4)nc3)c(C)c2)C1. The second-order valence-electron chi connectivity index (χ2n) is 9.28. The van der Waals surface area contributed by atoms with E-state index in [1.165, 1.54) is 0 Å². The first-order chi connectivity index (χ1) is 15.5. The number of nitrogens with one attached hydrogen (secondary N) is 1. The Bertz CT molecular complexity index is 960. The summed E-state index contributed by atoms with van der Waals surface area (Å²) in [4.78, 5) is 23.6. The first kappa shape index (κ1) is 21.2. The summed E-state index contributed by atoms with van der Waals surface area (Å²) in [6.07, 6.45) is 7.45. The highest BCUT2D eigenvalue weighted by molar-refractivity contribution is 5.93. The molecule has 1 N–H and O–H groups in total. The van der Waals surface area contributed by atoms with Crippen LogP contribution in [0, 0.1) is 18.3 Å². The molecule has 170 valence electrons. The zero-order valence-corrected chi connectivity index (χ0v) is 18.7. The number of carbonyl (C=O) groups is 1. The highest BCUT2D eigenvalue weighted by Crippen LogP contribution is 2.41. The van der Waals surface area contributed by atoms with Crippen molar-refractivity contribution in [2.75, 3.05) is 43.6 Å². The Balaban J connectivity index is 1.15. The van der Waals surface area contributed by atoms with Crippen LogP contribution < -0.4 is 15.0 Å². The van der Waals surface area contributed by atoms with Crippen LogP contribution in [0.5, 0.6) is 11.5 Å². The van der Waals surface area contributed by atoms with Gasteiger partial charge in [0.1, 0.15) is 5.75 Å². The minimum atomic E-state index is 0.0274. The van der Waals surface area contributed by atoms with Crippen LogP contribution in [0.4, 0.5) is 11.6 Å². The van der Waals surface area contributed by atoms with Gasteiger partial charge in [0, 0.05) is 50.4 Å². The standard InChI is InChI=1S/C24H30N4O4/c1-16-9-18(27-22(29)17-10-19(11-17)30-2)3-4-21(16)32-20-12-25-23(26-13-20)28-14-24(15-28)5-7-31-8-6-24/h3-4,9,12-13,17,19H,5-8,10-11,14-15H2,1-2H3,(H,27,29). The van der Waals surface area contributed by atoms with E-state index in [4.69, 9.17) is 14.2 Å². The molecule has 3 heterocycles. The van der Waals surface area contributed by atoms with E-state index in [9.17, 15) is 4.79 Å². The molecule has 3 aliphatic rings. The number of aryl methyl sites for hydroxylation is 1. The summed E-state index contributed by atoms with van der Waals surface area (Å²) in [5.74, 6) is 2.13. The van der Waals surface area contributed by atoms with Crippen LogP contribution in [-0.4, -0.2) is 55.4 Å². The van der Waals surface area contributed by atoms with Crippen molar-refractivity contribution >= 4 is 17.5 Å². The van der Waals surface area contributed by atoms with E-state index in [0.717, 1.165) is 69.2 Å². The molecule has 32 heavy (non-hydrogen) atoms. The topological polar surface area (TPSA) is 85.8 Å². The molecule has 0 unspecified atom stereocenters. The molecule has 1 amide bonds. The second kappa shape index (κ2) is 8.67. The van der Waals surface area contributed by atoms with E-state index >= 15 is 0 Å². The molecule has 0 bridgehead atoms. The van der Waals surface area contributed by atoms with Gasteiger partial charge in [-0.2, -0.15) is 0 Å². The highest BCUT2D eigenvalue weighted by atomic mass is 16.5. The van der Waals surface area contributed by atoms with Gasteiger partial charge in [0.05, 0.1) is 18.5 Å². The molecule has 0 radical (unpaired) electrons. The number of nitrogens with zero attached hydrogens (tertiary/aromatic N) is 3. The van der Waals surface area contributed by atoms with Gasteiger partial charge < -0.3 is 24.4 Å². The van der Waals surface area contributed by atoms with Gasteiger partial charge in [-0.1, -0.05) is 0 Å². The summed E-state index contributed by atoms with van der Waals surface area (Å²) in [5.41, 5.74) is 2.08. The van der Waals surface area contributed by atoms with Crippen LogP contribution >= 0.6 is 0 Å². The maximum atomic E-state index is 12.3. The molecule has 1 aromatic heterocycles. The smallest absolute Gasteiger partial charge is 0.227 e. The quantitative estimate of drug-likeness (QED) is 0.738. The molecule has 2 saturated heterocycles. The van der Waals surface area contributed by atoms with Crippen LogP contribution in [-0.2, 0) is 14.3 Å². The van der Waals surface area contributed by atoms with Crippen molar-refractivity contribution in [3.8, 4) is 11.5 Å². The fraction of sp³-hybridized carbons (Fsp3) is 0.542. The predicted molar refractivity (Wildman–Crippen MR) is 120 cm³/mol. The highest BCUT2D eigenvalue weighted by Gasteiger charge is 2.44. The average Bonchev–Trinajstić information content (AvgIpc) is 2.74. The van der Waals surface area contributed by atoms with Crippen LogP contribution in [0.1, 0.15) is 31.2 Å². The van der Waals surface area contributed by atoms with E-state index < -0.39 is 0 Å². The van der Waals surface area contributed by atoms with Gasteiger partial charge in [0.2, 0.25) is 11.9 Å². The normalized spacial score (nSPS) is 23.9. The molecule has 0 atom stereocenters. The van der Waals surface area contributed by atoms with Gasteiger partial charge in [0.25, 0.3) is 0 Å². The van der Waals surface area contributed by atoms with Crippen molar-refractivity contribution in [2.24, 2.45) is 11.3 Å². The van der Waals surface area contributed by atoms with E-state index in [2.05, 4.69) is 20.2 Å². The molecule has 8 nitrogen and oxygen atoms in total. The van der Waals surface area contributed by atoms with E-state index in [1.54, 1.807) is 19.5 Å². The summed E-state index contributed by atoms with van der Waals surface area (Å²) in [6, 6.07) is 5.64. The van der Waals surface area contributed by atoms with Crippen LogP contribution in [0.25, 0.3) is 0 Å². The fourth-order valence-electron chi connectivity index (χ4n) is 4.74. The number of hydrogen-bond donors (Lipinski definition) is 1. The van der Waals surface area contributed by atoms with Crippen molar-refractivity contribution in [2.45, 2.75) is 38.7 Å². The molecule has 1 aromatic carbocycles. The molecule has 5 rings (SSSR count). The van der Waals surface area contributed by atoms with E-state index in [1.807, 2.05) is 25.1 Å². The number of amides is 1. The molecule has 8 heteroatoms. The zero-order chi connectivity index (χ0) is 22.1. The van der Waals surface area contributed by atoms with Gasteiger partial charge in [-0.25, -0.2) is 9.97 Å². The summed E-state index contributed by atoms with van der Waals surface area (Å²) in [5, 5.41) is 2.99. The Morgan fingerprint density at radius 2 is 1.91 bits per heavy atom. The molecule has 1 spiro atoms. The Labute approximate surface area is 188 Å².